The van der Waals surface area contributed by atoms with Gasteiger partial charge in [0.2, 0.25) is 11.9 Å². The van der Waals surface area contributed by atoms with Crippen LogP contribution in [0.25, 0.3) is 0 Å². The Balaban J connectivity index is 2.53. The third kappa shape index (κ3) is 4.86. The van der Waals surface area contributed by atoms with Gasteiger partial charge in [0.1, 0.15) is 11.6 Å². The van der Waals surface area contributed by atoms with E-state index in [-0.39, 0.29) is 18.4 Å². The fraction of sp³-hybridized carbons (Fsp3) is 0.545. The Morgan fingerprint density at radius 3 is 2.56 bits per heavy atom. The minimum atomic E-state index is -0.0703. The van der Waals surface area contributed by atoms with E-state index in [1.54, 1.807) is 6.07 Å². The highest BCUT2D eigenvalue weighted by molar-refractivity contribution is 5.80. The molecule has 0 bridgehead atoms. The monoisotopic (exact) mass is 252 g/mol. The van der Waals surface area contributed by atoms with Crippen molar-refractivity contribution >= 4 is 23.5 Å². The van der Waals surface area contributed by atoms with E-state index in [0.717, 1.165) is 13.0 Å². The lowest BCUT2D eigenvalue weighted by Gasteiger charge is -2.09. The van der Waals surface area contributed by atoms with E-state index in [1.807, 2.05) is 13.8 Å². The van der Waals surface area contributed by atoms with Crippen molar-refractivity contribution in [2.45, 2.75) is 20.3 Å². The van der Waals surface area contributed by atoms with Gasteiger partial charge in [0.15, 0.2) is 0 Å². The number of rotatable bonds is 7. The van der Waals surface area contributed by atoms with Gasteiger partial charge in [0.25, 0.3) is 0 Å². The summed E-state index contributed by atoms with van der Waals surface area (Å²) in [5, 5.41) is 8.71. The molecule has 7 nitrogen and oxygen atoms in total. The van der Waals surface area contributed by atoms with E-state index in [9.17, 15) is 4.79 Å². The number of hydrogen-bond acceptors (Lipinski definition) is 6. The van der Waals surface area contributed by atoms with Gasteiger partial charge in [-0.2, -0.15) is 9.97 Å². The van der Waals surface area contributed by atoms with Crippen LogP contribution in [0.15, 0.2) is 6.07 Å². The highest BCUT2D eigenvalue weighted by Gasteiger charge is 2.04. The van der Waals surface area contributed by atoms with Gasteiger partial charge in [0.05, 0.1) is 6.54 Å². The Morgan fingerprint density at radius 2 is 1.94 bits per heavy atom. The van der Waals surface area contributed by atoms with Crippen molar-refractivity contribution in [1.82, 2.24) is 15.3 Å². The van der Waals surface area contributed by atoms with Crippen LogP contribution in [0, 0.1) is 0 Å². The number of aromatic nitrogens is 2. The average molecular weight is 252 g/mol. The van der Waals surface area contributed by atoms with Gasteiger partial charge in [0, 0.05) is 19.2 Å². The summed E-state index contributed by atoms with van der Waals surface area (Å²) in [6.07, 6.45) is 0.913. The summed E-state index contributed by atoms with van der Waals surface area (Å²) in [6, 6.07) is 1.72. The molecule has 7 heteroatoms. The largest absolute Gasteiger partial charge is 0.370 e. The predicted octanol–water partition coefficient (Wildman–Crippen LogP) is 0.429. The summed E-state index contributed by atoms with van der Waals surface area (Å²) in [5.74, 6) is 1.27. The fourth-order valence-corrected chi connectivity index (χ4v) is 1.33. The number of carbonyl (C=O) groups excluding carboxylic acids is 1. The molecule has 0 saturated carbocycles. The van der Waals surface area contributed by atoms with Crippen molar-refractivity contribution in [2.24, 2.45) is 0 Å². The molecule has 0 radical (unpaired) electrons. The summed E-state index contributed by atoms with van der Waals surface area (Å²) in [7, 11) is 0. The molecule has 1 aromatic rings. The number of carbonyl (C=O) groups is 1. The van der Waals surface area contributed by atoms with Crippen LogP contribution < -0.4 is 21.7 Å². The first-order valence-corrected chi connectivity index (χ1v) is 6.04. The molecule has 1 aromatic heterocycles. The lowest BCUT2D eigenvalue weighted by Crippen LogP contribution is -2.30. The van der Waals surface area contributed by atoms with Crippen molar-refractivity contribution in [3.63, 3.8) is 0 Å². The molecule has 1 rings (SSSR count). The van der Waals surface area contributed by atoms with Crippen molar-refractivity contribution in [3.05, 3.63) is 6.07 Å². The second kappa shape index (κ2) is 7.31. The van der Waals surface area contributed by atoms with Crippen molar-refractivity contribution < 1.29 is 4.79 Å². The van der Waals surface area contributed by atoms with Gasteiger partial charge in [-0.3, -0.25) is 4.79 Å². The van der Waals surface area contributed by atoms with Gasteiger partial charge >= 0.3 is 0 Å². The van der Waals surface area contributed by atoms with Crippen molar-refractivity contribution in [3.8, 4) is 0 Å². The summed E-state index contributed by atoms with van der Waals surface area (Å²) < 4.78 is 0. The van der Waals surface area contributed by atoms with Crippen LogP contribution in [0.4, 0.5) is 17.6 Å². The number of amides is 1. The molecule has 0 unspecified atom stereocenters. The summed E-state index contributed by atoms with van der Waals surface area (Å²) in [4.78, 5) is 19.4. The lowest BCUT2D eigenvalue weighted by molar-refractivity contribution is -0.119. The zero-order chi connectivity index (χ0) is 13.4. The lowest BCUT2D eigenvalue weighted by atomic mass is 10.4. The van der Waals surface area contributed by atoms with Gasteiger partial charge in [-0.1, -0.05) is 6.92 Å². The number of anilines is 3. The molecule has 100 valence electrons. The zero-order valence-corrected chi connectivity index (χ0v) is 10.8. The molecule has 5 N–H and O–H groups in total. The highest BCUT2D eigenvalue weighted by atomic mass is 16.1. The van der Waals surface area contributed by atoms with Crippen LogP contribution in [0.3, 0.4) is 0 Å². The number of hydrogen-bond donors (Lipinski definition) is 4. The van der Waals surface area contributed by atoms with Crippen LogP contribution in [-0.2, 0) is 4.79 Å². The van der Waals surface area contributed by atoms with E-state index in [1.165, 1.54) is 0 Å². The molecule has 0 atom stereocenters. The minimum absolute atomic E-state index is 0.0703. The van der Waals surface area contributed by atoms with E-state index >= 15 is 0 Å². The number of nitrogens with two attached hydrogens (primary N) is 1. The van der Waals surface area contributed by atoms with Crippen LogP contribution in [0.5, 0.6) is 0 Å². The molecule has 18 heavy (non-hydrogen) atoms. The normalized spacial score (nSPS) is 9.89. The molecule has 0 aliphatic carbocycles. The van der Waals surface area contributed by atoms with Gasteiger partial charge in [-0.25, -0.2) is 0 Å². The first-order valence-electron chi connectivity index (χ1n) is 6.04. The third-order valence-corrected chi connectivity index (χ3v) is 2.10. The maximum atomic E-state index is 11.4. The summed E-state index contributed by atoms with van der Waals surface area (Å²) >= 11 is 0. The quantitative estimate of drug-likeness (QED) is 0.561. The second-order valence-electron chi connectivity index (χ2n) is 3.73. The zero-order valence-electron chi connectivity index (χ0n) is 10.8. The topological polar surface area (TPSA) is 105 Å². The Bertz CT molecular complexity index is 395. The maximum absolute atomic E-state index is 11.4. The van der Waals surface area contributed by atoms with Gasteiger partial charge in [-0.15, -0.1) is 0 Å². The van der Waals surface area contributed by atoms with Crippen LogP contribution >= 0.6 is 0 Å². The molecule has 0 spiro atoms. The number of nitrogen functional groups attached to an aromatic ring is 1. The molecular weight excluding hydrogens is 232 g/mol. The molecule has 0 saturated heterocycles. The van der Waals surface area contributed by atoms with Crippen molar-refractivity contribution in [2.75, 3.05) is 36.0 Å². The van der Waals surface area contributed by atoms with Crippen molar-refractivity contribution in [1.29, 1.82) is 0 Å². The van der Waals surface area contributed by atoms with Crippen LogP contribution in [-0.4, -0.2) is 35.5 Å². The van der Waals surface area contributed by atoms with Crippen LogP contribution in [0.1, 0.15) is 20.3 Å². The van der Waals surface area contributed by atoms with E-state index in [0.29, 0.717) is 18.2 Å². The van der Waals surface area contributed by atoms with Gasteiger partial charge in [-0.05, 0) is 13.3 Å². The molecule has 0 aliphatic rings. The van der Waals surface area contributed by atoms with Gasteiger partial charge < -0.3 is 21.7 Å². The third-order valence-electron chi connectivity index (χ3n) is 2.10. The minimum Gasteiger partial charge on any atom is -0.370 e. The summed E-state index contributed by atoms with van der Waals surface area (Å²) in [6.45, 7) is 5.55. The Labute approximate surface area is 107 Å². The molecule has 1 heterocycles. The average Bonchev–Trinajstić information content (AvgIpc) is 2.33. The number of nitrogens with one attached hydrogen (secondary N) is 3. The molecule has 0 aliphatic heterocycles. The Kier molecular flexibility index (Phi) is 5.69. The Morgan fingerprint density at radius 1 is 1.28 bits per heavy atom. The SMILES string of the molecule is CCCNC(=O)CNc1cc(NCC)nc(N)n1. The fourth-order valence-electron chi connectivity index (χ4n) is 1.33. The Hall–Kier alpha value is -2.05. The smallest absolute Gasteiger partial charge is 0.239 e. The van der Waals surface area contributed by atoms with E-state index in [4.69, 9.17) is 5.73 Å². The summed E-state index contributed by atoms with van der Waals surface area (Å²) in [5.41, 5.74) is 5.57. The first-order chi connectivity index (χ1) is 8.65. The predicted molar refractivity (Wildman–Crippen MR) is 72.4 cm³/mol. The van der Waals surface area contributed by atoms with Crippen LogP contribution in [0.2, 0.25) is 0 Å². The standard InChI is InChI=1S/C11H20N6O/c1-3-5-14-10(18)7-15-9-6-8(13-4-2)16-11(12)17-9/h6H,3-5,7H2,1-2H3,(H,14,18)(H4,12,13,15,16,17). The molecular formula is C11H20N6O. The second-order valence-corrected chi connectivity index (χ2v) is 3.73. The molecule has 1 amide bonds. The molecule has 0 fully saturated rings. The van der Waals surface area contributed by atoms with E-state index in [2.05, 4.69) is 25.9 Å². The highest BCUT2D eigenvalue weighted by Crippen LogP contribution is 2.11. The maximum Gasteiger partial charge on any atom is 0.239 e. The van der Waals surface area contributed by atoms with E-state index < -0.39 is 0 Å². The first kappa shape index (κ1) is 14.0. The molecule has 0 aromatic carbocycles. The number of nitrogens with zero attached hydrogens (tertiary/aromatic N) is 2.